The number of hydrogen-bond donors (Lipinski definition) is 0. The van der Waals surface area contributed by atoms with Crippen LogP contribution < -0.4 is 0 Å². The van der Waals surface area contributed by atoms with Crippen LogP contribution in [0.2, 0.25) is 0 Å². The molecule has 2 nitrogen and oxygen atoms in total. The van der Waals surface area contributed by atoms with E-state index in [1.807, 2.05) is 6.07 Å². The van der Waals surface area contributed by atoms with Gasteiger partial charge in [-0.05, 0) is 24.3 Å². The van der Waals surface area contributed by atoms with Gasteiger partial charge in [-0.1, -0.05) is 27.7 Å². The highest BCUT2D eigenvalue weighted by Crippen LogP contribution is 2.07. The van der Waals surface area contributed by atoms with E-state index in [2.05, 4.69) is 43.9 Å². The van der Waals surface area contributed by atoms with Crippen LogP contribution >= 0.6 is 0 Å². The zero-order valence-electron chi connectivity index (χ0n) is 9.54. The first-order chi connectivity index (χ1) is 6.58. The molecule has 1 aromatic rings. The molecule has 1 heterocycles. The Morgan fingerprint density at radius 2 is 1.79 bits per heavy atom. The molecule has 1 radical (unpaired) electrons. The van der Waals surface area contributed by atoms with Gasteiger partial charge in [-0.25, -0.2) is 9.97 Å². The molecule has 0 unspecified atom stereocenters. The molecule has 0 saturated carbocycles. The van der Waals surface area contributed by atoms with Gasteiger partial charge in [0.05, 0.1) is 6.20 Å². The standard InChI is InChI=1S/C12H19N2/c1-9(2)7-11-5-6-13-12(14-11)8-10(3)4/h5,9-10H,7-8H2,1-4H3. The summed E-state index contributed by atoms with van der Waals surface area (Å²) >= 11 is 0. The van der Waals surface area contributed by atoms with Crippen molar-refractivity contribution >= 4 is 0 Å². The van der Waals surface area contributed by atoms with Crippen molar-refractivity contribution in [1.29, 1.82) is 0 Å². The third-order valence-electron chi connectivity index (χ3n) is 1.91. The summed E-state index contributed by atoms with van der Waals surface area (Å²) in [4.78, 5) is 8.66. The quantitative estimate of drug-likeness (QED) is 0.731. The molecular formula is C12H19N2. The molecular weight excluding hydrogens is 172 g/mol. The average molecular weight is 191 g/mol. The predicted octanol–water partition coefficient (Wildman–Crippen LogP) is 2.67. The molecule has 1 aromatic heterocycles. The molecule has 0 atom stereocenters. The Morgan fingerprint density at radius 3 is 2.36 bits per heavy atom. The topological polar surface area (TPSA) is 25.8 Å². The first-order valence-electron chi connectivity index (χ1n) is 5.30. The normalized spacial score (nSPS) is 11.3. The van der Waals surface area contributed by atoms with Crippen molar-refractivity contribution in [2.24, 2.45) is 11.8 Å². The van der Waals surface area contributed by atoms with Crippen molar-refractivity contribution < 1.29 is 0 Å². The molecule has 2 heteroatoms. The smallest absolute Gasteiger partial charge is 0.129 e. The summed E-state index contributed by atoms with van der Waals surface area (Å²) in [5.41, 5.74) is 1.12. The zero-order valence-corrected chi connectivity index (χ0v) is 9.54. The van der Waals surface area contributed by atoms with Crippen LogP contribution in [0.3, 0.4) is 0 Å². The molecule has 0 bridgehead atoms. The molecule has 0 fully saturated rings. The van der Waals surface area contributed by atoms with E-state index in [9.17, 15) is 0 Å². The molecule has 0 aliphatic rings. The van der Waals surface area contributed by atoms with Gasteiger partial charge in [0.15, 0.2) is 0 Å². The Morgan fingerprint density at radius 1 is 1.14 bits per heavy atom. The molecule has 0 N–H and O–H groups in total. The lowest BCUT2D eigenvalue weighted by Gasteiger charge is -2.06. The molecule has 1 rings (SSSR count). The summed E-state index contributed by atoms with van der Waals surface area (Å²) < 4.78 is 0. The van der Waals surface area contributed by atoms with Crippen molar-refractivity contribution in [3.05, 3.63) is 23.8 Å². The molecule has 0 aromatic carbocycles. The lowest BCUT2D eigenvalue weighted by atomic mass is 10.1. The van der Waals surface area contributed by atoms with E-state index in [1.54, 1.807) is 0 Å². The minimum absolute atomic E-state index is 0.609. The second-order valence-corrected chi connectivity index (χ2v) is 4.60. The van der Waals surface area contributed by atoms with Crippen LogP contribution in [-0.2, 0) is 12.8 Å². The highest BCUT2D eigenvalue weighted by atomic mass is 14.9. The van der Waals surface area contributed by atoms with Gasteiger partial charge in [-0.3, -0.25) is 0 Å². The van der Waals surface area contributed by atoms with E-state index in [1.165, 1.54) is 0 Å². The van der Waals surface area contributed by atoms with E-state index in [0.29, 0.717) is 11.8 Å². The van der Waals surface area contributed by atoms with Gasteiger partial charge in [0.2, 0.25) is 0 Å². The Labute approximate surface area is 86.8 Å². The SMILES string of the molecule is CC(C)Cc1c[c]nc(CC(C)C)n1. The van der Waals surface area contributed by atoms with Gasteiger partial charge in [0.25, 0.3) is 0 Å². The first kappa shape index (κ1) is 11.2. The molecule has 0 spiro atoms. The van der Waals surface area contributed by atoms with E-state index in [-0.39, 0.29) is 0 Å². The maximum Gasteiger partial charge on any atom is 0.129 e. The van der Waals surface area contributed by atoms with Crippen LogP contribution in [0.5, 0.6) is 0 Å². The van der Waals surface area contributed by atoms with Crippen LogP contribution in [0, 0.1) is 18.0 Å². The summed E-state index contributed by atoms with van der Waals surface area (Å²) in [5, 5.41) is 0. The summed E-state index contributed by atoms with van der Waals surface area (Å²) in [6.45, 7) is 8.76. The molecule has 0 aliphatic carbocycles. The summed E-state index contributed by atoms with van der Waals surface area (Å²) in [7, 11) is 0. The Bertz CT molecular complexity index is 254. The monoisotopic (exact) mass is 191 g/mol. The minimum Gasteiger partial charge on any atom is -0.238 e. The zero-order chi connectivity index (χ0) is 10.6. The van der Waals surface area contributed by atoms with Crippen molar-refractivity contribution in [3.8, 4) is 0 Å². The molecule has 0 aliphatic heterocycles. The third-order valence-corrected chi connectivity index (χ3v) is 1.91. The molecule has 0 amide bonds. The largest absolute Gasteiger partial charge is 0.238 e. The van der Waals surface area contributed by atoms with E-state index >= 15 is 0 Å². The van der Waals surface area contributed by atoms with E-state index in [4.69, 9.17) is 0 Å². The fourth-order valence-corrected chi connectivity index (χ4v) is 1.38. The third kappa shape index (κ3) is 3.86. The van der Waals surface area contributed by atoms with Crippen molar-refractivity contribution in [1.82, 2.24) is 9.97 Å². The van der Waals surface area contributed by atoms with Gasteiger partial charge >= 0.3 is 0 Å². The van der Waals surface area contributed by atoms with Gasteiger partial charge in [0, 0.05) is 12.1 Å². The fourth-order valence-electron chi connectivity index (χ4n) is 1.38. The van der Waals surface area contributed by atoms with Crippen molar-refractivity contribution in [3.63, 3.8) is 0 Å². The minimum atomic E-state index is 0.609. The Hall–Kier alpha value is -0.920. The maximum atomic E-state index is 4.51. The lowest BCUT2D eigenvalue weighted by molar-refractivity contribution is 0.600. The second kappa shape index (κ2) is 5.08. The van der Waals surface area contributed by atoms with E-state index in [0.717, 1.165) is 24.4 Å². The average Bonchev–Trinajstić information content (AvgIpc) is 2.01. The van der Waals surface area contributed by atoms with E-state index < -0.39 is 0 Å². The number of nitrogens with zero attached hydrogens (tertiary/aromatic N) is 2. The van der Waals surface area contributed by atoms with Crippen molar-refractivity contribution in [2.75, 3.05) is 0 Å². The van der Waals surface area contributed by atoms with Gasteiger partial charge in [-0.2, -0.15) is 0 Å². The van der Waals surface area contributed by atoms with Crippen LogP contribution in [0.1, 0.15) is 39.2 Å². The summed E-state index contributed by atoms with van der Waals surface area (Å²) in [5.74, 6) is 2.18. The van der Waals surface area contributed by atoms with Crippen LogP contribution in [0.4, 0.5) is 0 Å². The van der Waals surface area contributed by atoms with Crippen LogP contribution in [0.15, 0.2) is 6.07 Å². The Kier molecular flexibility index (Phi) is 4.05. The molecule has 14 heavy (non-hydrogen) atoms. The van der Waals surface area contributed by atoms with Crippen LogP contribution in [-0.4, -0.2) is 9.97 Å². The highest BCUT2D eigenvalue weighted by molar-refractivity contribution is 5.02. The highest BCUT2D eigenvalue weighted by Gasteiger charge is 2.04. The predicted molar refractivity (Wildman–Crippen MR) is 58.0 cm³/mol. The Balaban J connectivity index is 2.68. The van der Waals surface area contributed by atoms with Gasteiger partial charge in [0.1, 0.15) is 5.82 Å². The summed E-state index contributed by atoms with van der Waals surface area (Å²) in [6, 6.07) is 1.89. The second-order valence-electron chi connectivity index (χ2n) is 4.60. The van der Waals surface area contributed by atoms with Crippen LogP contribution in [0.25, 0.3) is 0 Å². The van der Waals surface area contributed by atoms with Gasteiger partial charge in [-0.15, -0.1) is 0 Å². The lowest BCUT2D eigenvalue weighted by Crippen LogP contribution is -2.05. The number of rotatable bonds is 4. The summed E-state index contributed by atoms with van der Waals surface area (Å²) in [6.07, 6.45) is 4.89. The van der Waals surface area contributed by atoms with Crippen molar-refractivity contribution in [2.45, 2.75) is 40.5 Å². The van der Waals surface area contributed by atoms with Gasteiger partial charge < -0.3 is 0 Å². The molecule has 77 valence electrons. The number of aromatic nitrogens is 2. The first-order valence-corrected chi connectivity index (χ1v) is 5.30. The molecule has 0 saturated heterocycles. The fraction of sp³-hybridized carbons (Fsp3) is 0.667. The number of hydrogen-bond acceptors (Lipinski definition) is 2. The maximum absolute atomic E-state index is 4.51.